The summed E-state index contributed by atoms with van der Waals surface area (Å²) < 4.78 is 10.4. The molecule has 5 nitrogen and oxygen atoms in total. The highest BCUT2D eigenvalue weighted by atomic mass is 35.5. The molecule has 0 fully saturated rings. The van der Waals surface area contributed by atoms with Gasteiger partial charge in [0.25, 0.3) is 0 Å². The molecule has 0 unspecified atom stereocenters. The molecule has 0 saturated heterocycles. The van der Waals surface area contributed by atoms with Gasteiger partial charge in [-0.2, -0.15) is 0 Å². The first-order valence-corrected chi connectivity index (χ1v) is 8.02. The molecule has 0 heterocycles. The van der Waals surface area contributed by atoms with E-state index >= 15 is 0 Å². The van der Waals surface area contributed by atoms with Crippen molar-refractivity contribution in [2.75, 3.05) is 19.0 Å². The highest BCUT2D eigenvalue weighted by Gasteiger charge is 2.32. The molecular weight excluding hydrogens is 294 g/mol. The molecule has 0 aliphatic rings. The zero-order valence-electron chi connectivity index (χ0n) is 13.8. The van der Waals surface area contributed by atoms with Crippen LogP contribution >= 0.6 is 11.6 Å². The van der Waals surface area contributed by atoms with Crippen LogP contribution < -0.4 is 0 Å². The number of esters is 1. The summed E-state index contributed by atoms with van der Waals surface area (Å²) in [5.74, 6) is 0.134. The highest BCUT2D eigenvalue weighted by Crippen LogP contribution is 2.15. The minimum absolute atomic E-state index is 0.291. The first-order chi connectivity index (χ1) is 9.76. The number of hydrogen-bond acceptors (Lipinski definition) is 4. The Labute approximate surface area is 132 Å². The predicted molar refractivity (Wildman–Crippen MR) is 83.6 cm³/mol. The lowest BCUT2D eigenvalue weighted by Gasteiger charge is -2.31. The SMILES string of the molecule is CCOC(=O)[C@H](CC)N(CCCCCl)C(=O)OC(C)(C)C. The molecule has 0 spiro atoms. The molecule has 0 bridgehead atoms. The minimum atomic E-state index is -0.616. The second-order valence-corrected chi connectivity index (χ2v) is 6.12. The van der Waals surface area contributed by atoms with Crippen LogP contribution in [0.1, 0.15) is 53.9 Å². The van der Waals surface area contributed by atoms with Gasteiger partial charge in [0.15, 0.2) is 0 Å². The van der Waals surface area contributed by atoms with Crippen LogP contribution in [0.25, 0.3) is 0 Å². The van der Waals surface area contributed by atoms with Crippen LogP contribution in [0.2, 0.25) is 0 Å². The Hall–Kier alpha value is -0.970. The van der Waals surface area contributed by atoms with Crippen LogP contribution in [0.15, 0.2) is 0 Å². The summed E-state index contributed by atoms with van der Waals surface area (Å²) in [7, 11) is 0. The van der Waals surface area contributed by atoms with Crippen LogP contribution in [-0.4, -0.2) is 47.6 Å². The summed E-state index contributed by atoms with van der Waals surface area (Å²) in [4.78, 5) is 25.8. The molecule has 0 N–H and O–H groups in total. The summed E-state index contributed by atoms with van der Waals surface area (Å²) in [6, 6.07) is -0.616. The number of carbonyl (C=O) groups excluding carboxylic acids is 2. The van der Waals surface area contributed by atoms with Gasteiger partial charge in [0.2, 0.25) is 0 Å². The number of unbranched alkanes of at least 4 members (excludes halogenated alkanes) is 1. The lowest BCUT2D eigenvalue weighted by molar-refractivity contribution is -0.149. The number of carbonyl (C=O) groups is 2. The van der Waals surface area contributed by atoms with Crippen molar-refractivity contribution in [3.8, 4) is 0 Å². The topological polar surface area (TPSA) is 55.8 Å². The van der Waals surface area contributed by atoms with Gasteiger partial charge in [0, 0.05) is 12.4 Å². The minimum Gasteiger partial charge on any atom is -0.464 e. The Balaban J connectivity index is 4.99. The van der Waals surface area contributed by atoms with Crippen molar-refractivity contribution in [2.45, 2.75) is 65.5 Å². The molecule has 124 valence electrons. The number of rotatable bonds is 8. The van der Waals surface area contributed by atoms with Crippen LogP contribution in [-0.2, 0) is 14.3 Å². The molecule has 0 radical (unpaired) electrons. The van der Waals surface area contributed by atoms with Crippen LogP contribution in [0.3, 0.4) is 0 Å². The summed E-state index contributed by atoms with van der Waals surface area (Å²) in [5.41, 5.74) is -0.602. The third-order valence-electron chi connectivity index (χ3n) is 2.73. The van der Waals surface area contributed by atoms with Crippen molar-refractivity contribution in [1.82, 2.24) is 4.90 Å². The van der Waals surface area contributed by atoms with Crippen molar-refractivity contribution >= 4 is 23.7 Å². The van der Waals surface area contributed by atoms with E-state index in [1.165, 1.54) is 4.90 Å². The summed E-state index contributed by atoms with van der Waals surface area (Å²) in [6.07, 6.45) is 1.49. The zero-order chi connectivity index (χ0) is 16.5. The van der Waals surface area contributed by atoms with Gasteiger partial charge in [0.1, 0.15) is 11.6 Å². The molecule has 0 aliphatic carbocycles. The Kier molecular flexibility index (Phi) is 9.42. The molecule has 0 saturated carbocycles. The molecule has 1 atom stereocenters. The molecule has 0 rings (SSSR count). The number of alkyl halides is 1. The van der Waals surface area contributed by atoms with E-state index < -0.39 is 23.7 Å². The second kappa shape index (κ2) is 9.87. The smallest absolute Gasteiger partial charge is 0.411 e. The van der Waals surface area contributed by atoms with Crippen LogP contribution in [0.4, 0.5) is 4.79 Å². The lowest BCUT2D eigenvalue weighted by atomic mass is 10.1. The van der Waals surface area contributed by atoms with Gasteiger partial charge in [-0.25, -0.2) is 9.59 Å². The van der Waals surface area contributed by atoms with Crippen molar-refractivity contribution < 1.29 is 19.1 Å². The third-order valence-corrected chi connectivity index (χ3v) is 3.00. The number of hydrogen-bond donors (Lipinski definition) is 0. The quantitative estimate of drug-likeness (QED) is 0.389. The molecule has 0 aromatic heterocycles. The van der Waals surface area contributed by atoms with Gasteiger partial charge in [-0.05, 0) is 47.0 Å². The highest BCUT2D eigenvalue weighted by molar-refractivity contribution is 6.17. The Morgan fingerprint density at radius 2 is 1.81 bits per heavy atom. The zero-order valence-corrected chi connectivity index (χ0v) is 14.5. The van der Waals surface area contributed by atoms with Gasteiger partial charge in [-0.1, -0.05) is 6.92 Å². The standard InChI is InChI=1S/C15H28ClNO4/c1-6-12(13(18)20-7-2)17(11-9-8-10-16)14(19)21-15(3,4)5/h12H,6-11H2,1-5H3/t12-/m0/s1. The van der Waals surface area contributed by atoms with E-state index in [1.807, 2.05) is 6.92 Å². The fourth-order valence-corrected chi connectivity index (χ4v) is 2.01. The summed E-state index contributed by atoms with van der Waals surface area (Å²) in [6.45, 7) is 9.71. The van der Waals surface area contributed by atoms with Crippen LogP contribution in [0, 0.1) is 0 Å². The van der Waals surface area contributed by atoms with Crippen molar-refractivity contribution in [1.29, 1.82) is 0 Å². The van der Waals surface area contributed by atoms with Gasteiger partial charge in [-0.15, -0.1) is 11.6 Å². The largest absolute Gasteiger partial charge is 0.464 e. The average molecular weight is 322 g/mol. The number of amides is 1. The van der Waals surface area contributed by atoms with E-state index in [4.69, 9.17) is 21.1 Å². The van der Waals surface area contributed by atoms with Gasteiger partial charge in [-0.3, -0.25) is 4.90 Å². The van der Waals surface area contributed by atoms with Crippen LogP contribution in [0.5, 0.6) is 0 Å². The summed E-state index contributed by atoms with van der Waals surface area (Å²) >= 11 is 5.67. The molecule has 1 amide bonds. The molecule has 21 heavy (non-hydrogen) atoms. The number of halogens is 1. The monoisotopic (exact) mass is 321 g/mol. The van der Waals surface area contributed by atoms with Crippen molar-refractivity contribution in [3.05, 3.63) is 0 Å². The predicted octanol–water partition coefficient (Wildman–Crippen LogP) is 3.58. The first-order valence-electron chi connectivity index (χ1n) is 7.49. The van der Waals surface area contributed by atoms with E-state index in [9.17, 15) is 9.59 Å². The maximum Gasteiger partial charge on any atom is 0.411 e. The first kappa shape index (κ1) is 20.0. The van der Waals surface area contributed by atoms with Gasteiger partial charge < -0.3 is 9.47 Å². The fraction of sp³-hybridized carbons (Fsp3) is 0.867. The van der Waals surface area contributed by atoms with E-state index in [-0.39, 0.29) is 0 Å². The fourth-order valence-electron chi connectivity index (χ4n) is 1.82. The van der Waals surface area contributed by atoms with Crippen molar-refractivity contribution in [3.63, 3.8) is 0 Å². The Morgan fingerprint density at radius 1 is 1.19 bits per heavy atom. The lowest BCUT2D eigenvalue weighted by Crippen LogP contribution is -2.48. The maximum absolute atomic E-state index is 12.3. The molecule has 0 aromatic carbocycles. The molecule has 0 aliphatic heterocycles. The van der Waals surface area contributed by atoms with E-state index in [1.54, 1.807) is 27.7 Å². The second-order valence-electron chi connectivity index (χ2n) is 5.75. The van der Waals surface area contributed by atoms with E-state index in [0.717, 1.165) is 12.8 Å². The summed E-state index contributed by atoms with van der Waals surface area (Å²) in [5, 5.41) is 0. The van der Waals surface area contributed by atoms with Gasteiger partial charge in [0.05, 0.1) is 6.61 Å². The van der Waals surface area contributed by atoms with Gasteiger partial charge >= 0.3 is 12.1 Å². The molecule has 0 aromatic rings. The normalized spacial score (nSPS) is 12.7. The number of nitrogens with zero attached hydrogens (tertiary/aromatic N) is 1. The van der Waals surface area contributed by atoms with E-state index in [2.05, 4.69) is 0 Å². The average Bonchev–Trinajstić information content (AvgIpc) is 2.36. The third kappa shape index (κ3) is 8.15. The Bertz CT molecular complexity index is 328. The molecule has 6 heteroatoms. The van der Waals surface area contributed by atoms with Crippen molar-refractivity contribution in [2.24, 2.45) is 0 Å². The molecular formula is C15H28ClNO4. The maximum atomic E-state index is 12.3. The van der Waals surface area contributed by atoms with E-state index in [0.29, 0.717) is 25.5 Å². The Morgan fingerprint density at radius 3 is 2.24 bits per heavy atom. The number of ether oxygens (including phenoxy) is 2.